The van der Waals surface area contributed by atoms with Gasteiger partial charge in [-0.05, 0) is 24.3 Å². The molecule has 1 aromatic carbocycles. The number of rotatable bonds is 4. The summed E-state index contributed by atoms with van der Waals surface area (Å²) in [4.78, 5) is 13.1. The molecule has 1 aliphatic heterocycles. The lowest BCUT2D eigenvalue weighted by Gasteiger charge is -2.34. The largest absolute Gasteiger partial charge is 0.353 e. The predicted molar refractivity (Wildman–Crippen MR) is 93.0 cm³/mol. The van der Waals surface area contributed by atoms with Crippen LogP contribution in [0.15, 0.2) is 55.1 Å². The third-order valence-corrected chi connectivity index (χ3v) is 4.35. The summed E-state index contributed by atoms with van der Waals surface area (Å²) in [7, 11) is 0. The molecule has 0 saturated carbocycles. The summed E-state index contributed by atoms with van der Waals surface area (Å²) >= 11 is 0. The van der Waals surface area contributed by atoms with Gasteiger partial charge in [-0.2, -0.15) is 5.10 Å². The van der Waals surface area contributed by atoms with Crippen molar-refractivity contribution in [3.05, 3.63) is 66.6 Å². The predicted octanol–water partition coefficient (Wildman–Crippen LogP) is 2.12. The van der Waals surface area contributed by atoms with Crippen LogP contribution in [0.5, 0.6) is 0 Å². The quantitative estimate of drug-likeness (QED) is 0.729. The molecular formula is C18H19FN6. The van der Waals surface area contributed by atoms with Crippen LogP contribution in [0.2, 0.25) is 0 Å². The lowest BCUT2D eigenvalue weighted by atomic mass is 10.3. The van der Waals surface area contributed by atoms with Gasteiger partial charge in [0.25, 0.3) is 0 Å². The molecule has 1 fully saturated rings. The van der Waals surface area contributed by atoms with E-state index in [0.717, 1.165) is 49.9 Å². The van der Waals surface area contributed by atoms with E-state index in [1.165, 1.54) is 12.1 Å². The zero-order valence-electron chi connectivity index (χ0n) is 13.8. The van der Waals surface area contributed by atoms with Crippen LogP contribution in [0, 0.1) is 5.82 Å². The molecule has 1 aliphatic rings. The smallest absolute Gasteiger partial charge is 0.147 e. The maximum Gasteiger partial charge on any atom is 0.147 e. The summed E-state index contributed by atoms with van der Waals surface area (Å²) in [6.07, 6.45) is 7.09. The monoisotopic (exact) mass is 338 g/mol. The molecular weight excluding hydrogens is 319 g/mol. The van der Waals surface area contributed by atoms with E-state index in [1.54, 1.807) is 29.3 Å². The molecule has 4 rings (SSSR count). The lowest BCUT2D eigenvalue weighted by Crippen LogP contribution is -2.46. The van der Waals surface area contributed by atoms with Crippen LogP contribution < -0.4 is 4.90 Å². The first-order valence-corrected chi connectivity index (χ1v) is 8.32. The first kappa shape index (κ1) is 15.7. The van der Waals surface area contributed by atoms with Gasteiger partial charge in [-0.1, -0.05) is 6.07 Å². The summed E-state index contributed by atoms with van der Waals surface area (Å²) < 4.78 is 15.1. The van der Waals surface area contributed by atoms with Crippen molar-refractivity contribution in [2.75, 3.05) is 31.1 Å². The molecule has 2 aromatic heterocycles. The molecule has 0 radical (unpaired) electrons. The molecule has 6 nitrogen and oxygen atoms in total. The Morgan fingerprint density at radius 2 is 1.92 bits per heavy atom. The van der Waals surface area contributed by atoms with Crippen molar-refractivity contribution >= 4 is 5.82 Å². The number of aromatic nitrogens is 4. The topological polar surface area (TPSA) is 50.1 Å². The molecule has 0 atom stereocenters. The van der Waals surface area contributed by atoms with Crippen molar-refractivity contribution in [1.82, 2.24) is 24.6 Å². The van der Waals surface area contributed by atoms with Crippen LogP contribution in [0.1, 0.15) is 5.69 Å². The number of piperazine rings is 1. The van der Waals surface area contributed by atoms with E-state index in [2.05, 4.69) is 24.9 Å². The number of hydrogen-bond acceptors (Lipinski definition) is 5. The van der Waals surface area contributed by atoms with Crippen LogP contribution in [-0.2, 0) is 6.54 Å². The summed E-state index contributed by atoms with van der Waals surface area (Å²) in [5.41, 5.74) is 1.72. The first-order chi connectivity index (χ1) is 12.3. The highest BCUT2D eigenvalue weighted by Crippen LogP contribution is 2.14. The second-order valence-electron chi connectivity index (χ2n) is 6.06. The van der Waals surface area contributed by atoms with E-state index in [-0.39, 0.29) is 5.82 Å². The normalized spacial score (nSPS) is 15.5. The summed E-state index contributed by atoms with van der Waals surface area (Å²) in [5.74, 6) is 0.673. The number of halogens is 1. The highest BCUT2D eigenvalue weighted by molar-refractivity contribution is 5.35. The molecule has 1 saturated heterocycles. The fourth-order valence-corrected chi connectivity index (χ4v) is 3.03. The summed E-state index contributed by atoms with van der Waals surface area (Å²) in [6, 6.07) is 8.44. The maximum absolute atomic E-state index is 13.3. The van der Waals surface area contributed by atoms with E-state index < -0.39 is 0 Å². The Bertz CT molecular complexity index is 826. The van der Waals surface area contributed by atoms with Crippen molar-refractivity contribution in [3.63, 3.8) is 0 Å². The van der Waals surface area contributed by atoms with E-state index >= 15 is 0 Å². The molecule has 0 spiro atoms. The zero-order chi connectivity index (χ0) is 17.1. The molecule has 0 amide bonds. The van der Waals surface area contributed by atoms with Gasteiger partial charge in [0.1, 0.15) is 11.6 Å². The Morgan fingerprint density at radius 3 is 2.68 bits per heavy atom. The molecule has 25 heavy (non-hydrogen) atoms. The Morgan fingerprint density at radius 1 is 1.04 bits per heavy atom. The third-order valence-electron chi connectivity index (χ3n) is 4.35. The minimum atomic E-state index is -0.255. The Kier molecular flexibility index (Phi) is 4.39. The minimum Gasteiger partial charge on any atom is -0.353 e. The van der Waals surface area contributed by atoms with Gasteiger partial charge in [-0.3, -0.25) is 9.88 Å². The van der Waals surface area contributed by atoms with Gasteiger partial charge in [0.2, 0.25) is 0 Å². The van der Waals surface area contributed by atoms with Crippen molar-refractivity contribution < 1.29 is 4.39 Å². The van der Waals surface area contributed by atoms with Crippen LogP contribution in [-0.4, -0.2) is 50.8 Å². The highest BCUT2D eigenvalue weighted by atomic mass is 19.1. The van der Waals surface area contributed by atoms with Gasteiger partial charge < -0.3 is 4.90 Å². The van der Waals surface area contributed by atoms with Gasteiger partial charge >= 0.3 is 0 Å². The number of hydrogen-bond donors (Lipinski definition) is 0. The second-order valence-corrected chi connectivity index (χ2v) is 6.06. The van der Waals surface area contributed by atoms with Crippen LogP contribution in [0.3, 0.4) is 0 Å². The van der Waals surface area contributed by atoms with Crippen molar-refractivity contribution in [2.45, 2.75) is 6.54 Å². The second kappa shape index (κ2) is 6.98. The van der Waals surface area contributed by atoms with Crippen molar-refractivity contribution in [1.29, 1.82) is 0 Å². The Hall–Kier alpha value is -2.80. The molecule has 3 heterocycles. The van der Waals surface area contributed by atoms with Gasteiger partial charge in [-0.25, -0.2) is 14.1 Å². The molecule has 3 aromatic rings. The van der Waals surface area contributed by atoms with E-state index in [1.807, 2.05) is 18.3 Å². The molecule has 0 bridgehead atoms. The van der Waals surface area contributed by atoms with Crippen molar-refractivity contribution in [2.24, 2.45) is 0 Å². The minimum absolute atomic E-state index is 0.255. The Labute approximate surface area is 145 Å². The summed E-state index contributed by atoms with van der Waals surface area (Å²) in [5, 5.41) is 4.57. The van der Waals surface area contributed by atoms with E-state index in [4.69, 9.17) is 0 Å². The van der Waals surface area contributed by atoms with Crippen molar-refractivity contribution in [3.8, 4) is 5.69 Å². The number of nitrogens with zero attached hydrogens (tertiary/aromatic N) is 6. The Balaban J connectivity index is 1.36. The van der Waals surface area contributed by atoms with Crippen LogP contribution in [0.4, 0.5) is 10.2 Å². The molecule has 0 N–H and O–H groups in total. The van der Waals surface area contributed by atoms with E-state index in [9.17, 15) is 4.39 Å². The van der Waals surface area contributed by atoms with Gasteiger partial charge in [0.05, 0.1) is 17.6 Å². The van der Waals surface area contributed by atoms with E-state index in [0.29, 0.717) is 0 Å². The maximum atomic E-state index is 13.3. The van der Waals surface area contributed by atoms with Gasteiger partial charge in [-0.15, -0.1) is 0 Å². The first-order valence-electron chi connectivity index (χ1n) is 8.32. The molecule has 7 heteroatoms. The molecule has 128 valence electrons. The van der Waals surface area contributed by atoms with Crippen LogP contribution >= 0.6 is 0 Å². The highest BCUT2D eigenvalue weighted by Gasteiger charge is 2.18. The third kappa shape index (κ3) is 3.66. The zero-order valence-corrected chi connectivity index (χ0v) is 13.8. The van der Waals surface area contributed by atoms with Gasteiger partial charge in [0.15, 0.2) is 0 Å². The van der Waals surface area contributed by atoms with Crippen LogP contribution in [0.25, 0.3) is 5.69 Å². The molecule has 0 aliphatic carbocycles. The average Bonchev–Trinajstić information content (AvgIpc) is 3.12. The SMILES string of the molecule is Fc1cccc(-n2ccc(CN3CCN(c4cnccn4)CC3)n2)c1. The number of anilines is 1. The summed E-state index contributed by atoms with van der Waals surface area (Å²) in [6.45, 7) is 4.52. The molecule has 0 unspecified atom stereocenters. The average molecular weight is 338 g/mol. The lowest BCUT2D eigenvalue weighted by molar-refractivity contribution is 0.246. The fraction of sp³-hybridized carbons (Fsp3) is 0.278. The number of benzene rings is 1. The van der Waals surface area contributed by atoms with Gasteiger partial charge in [0, 0.05) is 51.3 Å². The fourth-order valence-electron chi connectivity index (χ4n) is 3.03. The standard InChI is InChI=1S/C18H19FN6/c19-15-2-1-3-17(12-15)25-7-4-16(22-25)14-23-8-10-24(11-9-23)18-13-20-5-6-21-18/h1-7,12-13H,8-11,14H2.